The van der Waals surface area contributed by atoms with Crippen LogP contribution in [-0.4, -0.2) is 20.7 Å². The number of halogens is 2. The first kappa shape index (κ1) is 15.5. The van der Waals surface area contributed by atoms with Gasteiger partial charge in [0, 0.05) is 15.6 Å². The van der Waals surface area contributed by atoms with Gasteiger partial charge in [-0.15, -0.1) is 5.10 Å². The summed E-state index contributed by atoms with van der Waals surface area (Å²) in [5, 5.41) is 8.00. The van der Waals surface area contributed by atoms with Crippen molar-refractivity contribution in [2.45, 2.75) is 6.54 Å². The maximum atomic E-state index is 12.1. The van der Waals surface area contributed by atoms with Crippen LogP contribution in [0.1, 0.15) is 15.9 Å². The highest BCUT2D eigenvalue weighted by Gasteiger charge is 2.10. The molecule has 0 saturated carbocycles. The Hall–Kier alpha value is -2.37. The smallest absolute Gasteiger partial charge is 0.258 e. The van der Waals surface area contributed by atoms with E-state index in [1.807, 2.05) is 24.3 Å². The van der Waals surface area contributed by atoms with Gasteiger partial charge in [-0.25, -0.2) is 9.67 Å². The zero-order valence-electron chi connectivity index (χ0n) is 11.9. The van der Waals surface area contributed by atoms with Crippen molar-refractivity contribution < 1.29 is 4.79 Å². The summed E-state index contributed by atoms with van der Waals surface area (Å²) in [5.74, 6) is -0.0926. The van der Waals surface area contributed by atoms with Crippen molar-refractivity contribution in [1.29, 1.82) is 0 Å². The van der Waals surface area contributed by atoms with Crippen LogP contribution in [0, 0.1) is 0 Å². The summed E-state index contributed by atoms with van der Waals surface area (Å²) < 4.78 is 1.61. The molecule has 0 spiro atoms. The van der Waals surface area contributed by atoms with Gasteiger partial charge in [0.15, 0.2) is 0 Å². The van der Waals surface area contributed by atoms with E-state index in [0.717, 1.165) is 5.56 Å². The topological polar surface area (TPSA) is 59.8 Å². The van der Waals surface area contributed by atoms with Gasteiger partial charge in [0.2, 0.25) is 5.95 Å². The van der Waals surface area contributed by atoms with Crippen LogP contribution in [-0.2, 0) is 6.54 Å². The summed E-state index contributed by atoms with van der Waals surface area (Å²) in [6.07, 6.45) is 1.54. The molecule has 0 aliphatic heterocycles. The lowest BCUT2D eigenvalue weighted by Gasteiger charge is -2.03. The second kappa shape index (κ2) is 6.81. The monoisotopic (exact) mass is 346 g/mol. The van der Waals surface area contributed by atoms with Gasteiger partial charge in [-0.05, 0) is 29.8 Å². The Morgan fingerprint density at radius 3 is 2.74 bits per heavy atom. The van der Waals surface area contributed by atoms with E-state index in [-0.39, 0.29) is 11.9 Å². The molecular formula is C16H12Cl2N4O. The molecule has 1 aromatic heterocycles. The fourth-order valence-corrected chi connectivity index (χ4v) is 2.42. The number of benzene rings is 2. The second-order valence-electron chi connectivity index (χ2n) is 4.82. The average Bonchev–Trinajstić information content (AvgIpc) is 2.97. The van der Waals surface area contributed by atoms with E-state index in [4.69, 9.17) is 23.2 Å². The predicted octanol–water partition coefficient (Wildman–Crippen LogP) is 3.89. The summed E-state index contributed by atoms with van der Waals surface area (Å²) in [4.78, 5) is 16.2. The Kier molecular flexibility index (Phi) is 4.60. The number of hydrogen-bond acceptors (Lipinski definition) is 3. The SMILES string of the molecule is O=C(Nc1ncn(Cc2ccccc2Cl)n1)c1cccc(Cl)c1. The lowest BCUT2D eigenvalue weighted by Crippen LogP contribution is -2.13. The molecule has 1 heterocycles. The first-order valence-corrected chi connectivity index (χ1v) is 7.57. The summed E-state index contributed by atoms with van der Waals surface area (Å²) in [5.41, 5.74) is 1.37. The van der Waals surface area contributed by atoms with E-state index >= 15 is 0 Å². The third kappa shape index (κ3) is 3.88. The number of anilines is 1. The standard InChI is InChI=1S/C16H12Cl2N4O/c17-13-6-3-5-11(8-13)15(23)20-16-19-10-22(21-16)9-12-4-1-2-7-14(12)18/h1-8,10H,9H2,(H,20,21,23). The molecule has 0 bridgehead atoms. The first-order chi connectivity index (χ1) is 11.1. The number of hydrogen-bond donors (Lipinski definition) is 1. The average molecular weight is 347 g/mol. The van der Waals surface area contributed by atoms with Crippen LogP contribution in [0.2, 0.25) is 10.0 Å². The number of aromatic nitrogens is 3. The van der Waals surface area contributed by atoms with Crippen molar-refractivity contribution in [3.63, 3.8) is 0 Å². The van der Waals surface area contributed by atoms with Crippen molar-refractivity contribution in [1.82, 2.24) is 14.8 Å². The minimum absolute atomic E-state index is 0.224. The van der Waals surface area contributed by atoms with Gasteiger partial charge in [0.05, 0.1) is 6.54 Å². The molecule has 23 heavy (non-hydrogen) atoms. The number of nitrogens with one attached hydrogen (secondary N) is 1. The first-order valence-electron chi connectivity index (χ1n) is 6.81. The minimum Gasteiger partial charge on any atom is -0.289 e. The largest absolute Gasteiger partial charge is 0.289 e. The Morgan fingerprint density at radius 1 is 1.13 bits per heavy atom. The molecule has 0 unspecified atom stereocenters. The fraction of sp³-hybridized carbons (Fsp3) is 0.0625. The Labute approximate surface area is 142 Å². The van der Waals surface area contributed by atoms with Crippen LogP contribution in [0.3, 0.4) is 0 Å². The number of nitrogens with zero attached hydrogens (tertiary/aromatic N) is 3. The highest BCUT2D eigenvalue weighted by molar-refractivity contribution is 6.31. The van der Waals surface area contributed by atoms with Crippen LogP contribution in [0.4, 0.5) is 5.95 Å². The van der Waals surface area contributed by atoms with Crippen LogP contribution in [0.5, 0.6) is 0 Å². The lowest BCUT2D eigenvalue weighted by molar-refractivity contribution is 0.102. The lowest BCUT2D eigenvalue weighted by atomic mass is 10.2. The molecule has 116 valence electrons. The second-order valence-corrected chi connectivity index (χ2v) is 5.67. The van der Waals surface area contributed by atoms with Gasteiger partial charge in [0.25, 0.3) is 5.91 Å². The Morgan fingerprint density at radius 2 is 1.96 bits per heavy atom. The van der Waals surface area contributed by atoms with Gasteiger partial charge in [-0.3, -0.25) is 10.1 Å². The highest BCUT2D eigenvalue weighted by atomic mass is 35.5. The molecule has 0 aliphatic carbocycles. The molecule has 0 atom stereocenters. The zero-order valence-corrected chi connectivity index (χ0v) is 13.4. The Bertz CT molecular complexity index is 847. The molecule has 0 fully saturated rings. The van der Waals surface area contributed by atoms with Crippen LogP contribution in [0.15, 0.2) is 54.9 Å². The number of amides is 1. The van der Waals surface area contributed by atoms with Crippen molar-refractivity contribution in [3.8, 4) is 0 Å². The summed E-state index contributed by atoms with van der Waals surface area (Å²) in [7, 11) is 0. The fourth-order valence-electron chi connectivity index (χ4n) is 2.03. The van der Waals surface area contributed by atoms with Gasteiger partial charge in [0.1, 0.15) is 6.33 Å². The molecule has 7 heteroatoms. The molecule has 5 nitrogen and oxygen atoms in total. The van der Waals surface area contributed by atoms with Crippen molar-refractivity contribution in [2.75, 3.05) is 5.32 Å². The van der Waals surface area contributed by atoms with Gasteiger partial charge < -0.3 is 0 Å². The minimum atomic E-state index is -0.317. The molecule has 1 N–H and O–H groups in total. The van der Waals surface area contributed by atoms with Crippen molar-refractivity contribution >= 4 is 35.1 Å². The van der Waals surface area contributed by atoms with E-state index in [0.29, 0.717) is 22.2 Å². The van der Waals surface area contributed by atoms with Crippen LogP contribution in [0.25, 0.3) is 0 Å². The summed E-state index contributed by atoms with van der Waals surface area (Å²) >= 11 is 12.0. The van der Waals surface area contributed by atoms with Crippen LogP contribution >= 0.6 is 23.2 Å². The molecule has 0 radical (unpaired) electrons. The van der Waals surface area contributed by atoms with Gasteiger partial charge in [-0.1, -0.05) is 47.5 Å². The zero-order chi connectivity index (χ0) is 16.2. The van der Waals surface area contributed by atoms with E-state index in [9.17, 15) is 4.79 Å². The van der Waals surface area contributed by atoms with Gasteiger partial charge in [-0.2, -0.15) is 0 Å². The molecule has 3 aromatic rings. The van der Waals surface area contributed by atoms with Crippen molar-refractivity contribution in [3.05, 3.63) is 76.0 Å². The quantitative estimate of drug-likeness (QED) is 0.779. The highest BCUT2D eigenvalue weighted by Crippen LogP contribution is 2.16. The molecule has 1 amide bonds. The van der Waals surface area contributed by atoms with Crippen molar-refractivity contribution in [2.24, 2.45) is 0 Å². The molecular weight excluding hydrogens is 335 g/mol. The maximum absolute atomic E-state index is 12.1. The van der Waals surface area contributed by atoms with E-state index in [1.165, 1.54) is 6.33 Å². The third-order valence-electron chi connectivity index (χ3n) is 3.14. The van der Waals surface area contributed by atoms with Crippen LogP contribution < -0.4 is 5.32 Å². The van der Waals surface area contributed by atoms with E-state index < -0.39 is 0 Å². The number of carbonyl (C=O) groups excluding carboxylic acids is 1. The molecule has 0 aliphatic rings. The molecule has 2 aromatic carbocycles. The summed E-state index contributed by atoms with van der Waals surface area (Å²) in [6, 6.07) is 14.2. The maximum Gasteiger partial charge on any atom is 0.258 e. The van der Waals surface area contributed by atoms with E-state index in [2.05, 4.69) is 15.4 Å². The normalized spacial score (nSPS) is 10.5. The predicted molar refractivity (Wildman–Crippen MR) is 90.0 cm³/mol. The third-order valence-corrected chi connectivity index (χ3v) is 3.74. The number of rotatable bonds is 4. The molecule has 3 rings (SSSR count). The van der Waals surface area contributed by atoms with Gasteiger partial charge >= 0.3 is 0 Å². The number of carbonyl (C=O) groups is 1. The molecule has 0 saturated heterocycles. The summed E-state index contributed by atoms with van der Waals surface area (Å²) in [6.45, 7) is 0.472. The van der Waals surface area contributed by atoms with E-state index in [1.54, 1.807) is 28.9 Å². The Balaban J connectivity index is 1.70.